The van der Waals surface area contributed by atoms with Gasteiger partial charge in [-0.3, -0.25) is 37.3 Å². The lowest BCUT2D eigenvalue weighted by Crippen LogP contribution is -2.30. The van der Waals surface area contributed by atoms with Gasteiger partial charge in [-0.1, -0.05) is 299 Å². The summed E-state index contributed by atoms with van der Waals surface area (Å²) in [5.74, 6) is 0.890. The lowest BCUT2D eigenvalue weighted by molar-refractivity contribution is -0.161. The molecule has 17 nitrogen and oxygen atoms in total. The van der Waals surface area contributed by atoms with E-state index in [2.05, 4.69) is 55.4 Å². The average Bonchev–Trinajstić information content (AvgIpc) is 3.13. The Labute approximate surface area is 549 Å². The highest BCUT2D eigenvalue weighted by Crippen LogP contribution is 2.45. The summed E-state index contributed by atoms with van der Waals surface area (Å²) >= 11 is 0. The lowest BCUT2D eigenvalue weighted by atomic mass is 9.99. The zero-order chi connectivity index (χ0) is 66.8. The third-order valence-corrected chi connectivity index (χ3v) is 18.9. The number of rotatable bonds is 68. The van der Waals surface area contributed by atoms with E-state index in [4.69, 9.17) is 37.0 Å². The van der Waals surface area contributed by atoms with E-state index >= 15 is 0 Å². The Morgan fingerprint density at radius 3 is 0.789 bits per heavy atom. The molecule has 0 aliphatic carbocycles. The van der Waals surface area contributed by atoms with Gasteiger partial charge in [0.2, 0.25) is 0 Å². The predicted octanol–water partition coefficient (Wildman–Crippen LogP) is 20.1. The molecule has 0 saturated heterocycles. The van der Waals surface area contributed by atoms with Crippen molar-refractivity contribution in [2.45, 2.75) is 369 Å². The van der Waals surface area contributed by atoms with Gasteiger partial charge in [0, 0.05) is 25.7 Å². The second-order valence-corrected chi connectivity index (χ2v) is 30.0. The molecule has 0 spiro atoms. The van der Waals surface area contributed by atoms with Crippen LogP contribution in [0.2, 0.25) is 0 Å². The summed E-state index contributed by atoms with van der Waals surface area (Å²) in [6.45, 7) is 14.1. The van der Waals surface area contributed by atoms with Crippen molar-refractivity contribution >= 4 is 39.5 Å². The van der Waals surface area contributed by atoms with Gasteiger partial charge in [-0.25, -0.2) is 9.13 Å². The van der Waals surface area contributed by atoms with E-state index in [0.717, 1.165) is 114 Å². The van der Waals surface area contributed by atoms with Crippen LogP contribution < -0.4 is 0 Å². The van der Waals surface area contributed by atoms with E-state index in [-0.39, 0.29) is 25.7 Å². The van der Waals surface area contributed by atoms with Gasteiger partial charge in [-0.15, -0.1) is 0 Å². The van der Waals surface area contributed by atoms with Crippen LogP contribution in [0.15, 0.2) is 0 Å². The summed E-state index contributed by atoms with van der Waals surface area (Å²) in [7, 11) is -9.90. The van der Waals surface area contributed by atoms with Crippen molar-refractivity contribution in [3.8, 4) is 0 Å². The van der Waals surface area contributed by atoms with Gasteiger partial charge in [-0.2, -0.15) is 0 Å². The summed E-state index contributed by atoms with van der Waals surface area (Å²) in [5.41, 5.74) is 0. The van der Waals surface area contributed by atoms with E-state index in [1.54, 1.807) is 0 Å². The van der Waals surface area contributed by atoms with Crippen LogP contribution in [0.1, 0.15) is 351 Å². The number of aliphatic hydroxyl groups is 1. The number of phosphoric acid groups is 2. The van der Waals surface area contributed by atoms with Crippen LogP contribution in [0.4, 0.5) is 0 Å². The molecule has 0 aromatic heterocycles. The van der Waals surface area contributed by atoms with Crippen molar-refractivity contribution in [1.82, 2.24) is 0 Å². The number of carbonyl (C=O) groups excluding carboxylic acids is 4. The molecule has 0 aliphatic rings. The molecule has 0 aromatic rings. The first kappa shape index (κ1) is 88.1. The van der Waals surface area contributed by atoms with Crippen molar-refractivity contribution in [3.05, 3.63) is 0 Å². The Morgan fingerprint density at radius 1 is 0.311 bits per heavy atom. The highest BCUT2D eigenvalue weighted by atomic mass is 31.2. The zero-order valence-corrected chi connectivity index (χ0v) is 60.6. The second kappa shape index (κ2) is 60.7. The number of phosphoric ester groups is 2. The fourth-order valence-corrected chi connectivity index (χ4v) is 12.2. The van der Waals surface area contributed by atoms with Crippen LogP contribution in [-0.2, 0) is 65.4 Å². The largest absolute Gasteiger partial charge is 0.472 e. The van der Waals surface area contributed by atoms with Gasteiger partial charge >= 0.3 is 39.5 Å². The first-order chi connectivity index (χ1) is 43.2. The maximum Gasteiger partial charge on any atom is 0.472 e. The second-order valence-electron chi connectivity index (χ2n) is 27.1. The fraction of sp³-hybridized carbons (Fsp3) is 0.944. The molecule has 0 aromatic carbocycles. The number of hydrogen-bond acceptors (Lipinski definition) is 15. The van der Waals surface area contributed by atoms with E-state index in [1.165, 1.54) is 148 Å². The molecule has 7 atom stereocenters. The average molecular weight is 1330 g/mol. The minimum atomic E-state index is -4.95. The number of unbranched alkanes of at least 4 members (excludes halogenated alkanes) is 32. The molecule has 0 bridgehead atoms. The van der Waals surface area contributed by atoms with E-state index in [9.17, 15) is 43.2 Å². The Kier molecular flexibility index (Phi) is 59.4. The molecule has 0 saturated carbocycles. The number of ether oxygens (including phenoxy) is 4. The first-order valence-corrected chi connectivity index (χ1v) is 39.8. The normalized spacial score (nSPS) is 14.9. The summed E-state index contributed by atoms with van der Waals surface area (Å²) in [4.78, 5) is 72.5. The quantitative estimate of drug-likeness (QED) is 0.0222. The van der Waals surface area contributed by atoms with E-state index < -0.39 is 97.5 Å². The molecule has 0 amide bonds. The van der Waals surface area contributed by atoms with E-state index in [1.807, 2.05) is 0 Å². The maximum absolute atomic E-state index is 13.0. The number of hydrogen-bond donors (Lipinski definition) is 3. The molecule has 3 N–H and O–H groups in total. The molecule has 90 heavy (non-hydrogen) atoms. The minimum Gasteiger partial charge on any atom is -0.462 e. The van der Waals surface area contributed by atoms with Crippen molar-refractivity contribution in [2.24, 2.45) is 23.7 Å². The predicted molar refractivity (Wildman–Crippen MR) is 363 cm³/mol. The van der Waals surface area contributed by atoms with Crippen LogP contribution in [-0.4, -0.2) is 96.7 Å². The van der Waals surface area contributed by atoms with Crippen LogP contribution in [0.5, 0.6) is 0 Å². The Balaban J connectivity index is 5.23. The van der Waals surface area contributed by atoms with Gasteiger partial charge in [0.15, 0.2) is 12.2 Å². The highest BCUT2D eigenvalue weighted by Gasteiger charge is 2.30. The third kappa shape index (κ3) is 62.2. The standard InChI is InChI=1S/C71H138O17P2/c1-9-63(7)49-41-33-24-17-15-13-11-12-14-16-18-27-37-45-53-70(75)87-66(57-81-68(73)51-43-35-26-22-20-25-34-42-50-64(8)10-2)59-85-89(77,78)83-55-65(72)56-84-90(79,80)86-60-67(58-82-69(74)52-44-36-30-29-32-40-48-62(5)6)88-71(76)54-46-38-28-21-19-23-31-39-47-61(3)4/h61-67,72H,9-60H2,1-8H3,(H,77,78)(H,79,80)/t63?,64?,65-,66-,67-/m1/s1. The summed E-state index contributed by atoms with van der Waals surface area (Å²) in [6, 6.07) is 0. The van der Waals surface area contributed by atoms with Crippen LogP contribution >= 0.6 is 15.6 Å². The van der Waals surface area contributed by atoms with Crippen molar-refractivity contribution < 1.29 is 80.2 Å². The minimum absolute atomic E-state index is 0.103. The molecule has 0 heterocycles. The maximum atomic E-state index is 13.0. The Morgan fingerprint density at radius 2 is 0.533 bits per heavy atom. The molecule has 0 fully saturated rings. The molecule has 0 rings (SSSR count). The summed E-state index contributed by atoms with van der Waals surface area (Å²) in [5, 5.41) is 10.6. The summed E-state index contributed by atoms with van der Waals surface area (Å²) in [6.07, 6.45) is 43.2. The monoisotopic (exact) mass is 1320 g/mol. The molecule has 19 heteroatoms. The summed E-state index contributed by atoms with van der Waals surface area (Å²) < 4.78 is 68.3. The van der Waals surface area contributed by atoms with Crippen LogP contribution in [0, 0.1) is 23.7 Å². The molecular formula is C71H138O17P2. The molecular weight excluding hydrogens is 1190 g/mol. The Bertz CT molecular complexity index is 1790. The number of aliphatic hydroxyl groups excluding tert-OH is 1. The molecule has 534 valence electrons. The third-order valence-electron chi connectivity index (χ3n) is 17.0. The van der Waals surface area contributed by atoms with E-state index in [0.29, 0.717) is 31.6 Å². The number of carbonyl (C=O) groups is 4. The fourth-order valence-electron chi connectivity index (χ4n) is 10.6. The van der Waals surface area contributed by atoms with Crippen LogP contribution in [0.25, 0.3) is 0 Å². The smallest absolute Gasteiger partial charge is 0.462 e. The van der Waals surface area contributed by atoms with Crippen LogP contribution in [0.3, 0.4) is 0 Å². The SMILES string of the molecule is CCC(C)CCCCCCCCCCCCCCCCC(=O)O[C@H](COC(=O)CCCCCCCCCCC(C)CC)COP(=O)(O)OC[C@@H](O)COP(=O)(O)OC[C@@H](COC(=O)CCCCCCCCC(C)C)OC(=O)CCCCCCCCCCC(C)C. The Hall–Kier alpha value is -1.94. The van der Waals surface area contributed by atoms with Gasteiger partial charge < -0.3 is 33.8 Å². The molecule has 0 radical (unpaired) electrons. The first-order valence-electron chi connectivity index (χ1n) is 36.8. The molecule has 0 aliphatic heterocycles. The molecule has 4 unspecified atom stereocenters. The lowest BCUT2D eigenvalue weighted by Gasteiger charge is -2.21. The van der Waals surface area contributed by atoms with Crippen molar-refractivity contribution in [2.75, 3.05) is 39.6 Å². The number of esters is 4. The van der Waals surface area contributed by atoms with Gasteiger partial charge in [-0.05, 0) is 49.4 Å². The van der Waals surface area contributed by atoms with Crippen molar-refractivity contribution in [3.63, 3.8) is 0 Å². The highest BCUT2D eigenvalue weighted by molar-refractivity contribution is 7.47. The van der Waals surface area contributed by atoms with Gasteiger partial charge in [0.25, 0.3) is 0 Å². The topological polar surface area (TPSA) is 237 Å². The van der Waals surface area contributed by atoms with Gasteiger partial charge in [0.05, 0.1) is 26.4 Å². The zero-order valence-electron chi connectivity index (χ0n) is 58.8. The van der Waals surface area contributed by atoms with Crippen molar-refractivity contribution in [1.29, 1.82) is 0 Å². The van der Waals surface area contributed by atoms with Gasteiger partial charge in [0.1, 0.15) is 19.3 Å².